The lowest BCUT2D eigenvalue weighted by molar-refractivity contribution is -0.123. The maximum Gasteiger partial charge on any atom is 0.342 e. The number of aromatic hydroxyl groups is 1. The number of ether oxygens (including phenoxy) is 1. The van der Waals surface area contributed by atoms with Crippen LogP contribution in [0, 0.1) is 0 Å². The largest absolute Gasteiger partial charge is 0.507 e. The van der Waals surface area contributed by atoms with E-state index in [0.717, 1.165) is 11.3 Å². The standard InChI is InChI=1S/C19H16N2O4S/c1-12(25-18(24)14-9-5-6-10-16(14)22)17(23)21-19-20-15(11-26-19)13-7-3-2-4-8-13/h2-12,22H,1H3,(H,20,21,23)/t12-/m1/s1. The number of thiazole rings is 1. The molecule has 0 unspecified atom stereocenters. The molecule has 3 rings (SSSR count). The van der Waals surface area contributed by atoms with Crippen LogP contribution in [0.15, 0.2) is 60.0 Å². The number of hydrogen-bond acceptors (Lipinski definition) is 6. The third-order valence-electron chi connectivity index (χ3n) is 3.58. The van der Waals surface area contributed by atoms with Crippen LogP contribution in [0.25, 0.3) is 11.3 Å². The molecule has 0 saturated heterocycles. The molecule has 7 heteroatoms. The van der Waals surface area contributed by atoms with E-state index in [0.29, 0.717) is 5.13 Å². The van der Waals surface area contributed by atoms with Crippen molar-refractivity contribution in [2.45, 2.75) is 13.0 Å². The molecule has 0 aliphatic rings. The maximum atomic E-state index is 12.2. The number of amides is 1. The molecule has 132 valence electrons. The van der Waals surface area contributed by atoms with E-state index in [2.05, 4.69) is 10.3 Å². The van der Waals surface area contributed by atoms with Crippen LogP contribution in [0.4, 0.5) is 5.13 Å². The van der Waals surface area contributed by atoms with Crippen LogP contribution in [-0.4, -0.2) is 28.1 Å². The van der Waals surface area contributed by atoms with Gasteiger partial charge in [0.2, 0.25) is 0 Å². The zero-order valence-corrected chi connectivity index (χ0v) is 14.7. The molecule has 0 saturated carbocycles. The Bertz CT molecular complexity index is 924. The van der Waals surface area contributed by atoms with E-state index in [9.17, 15) is 14.7 Å². The summed E-state index contributed by atoms with van der Waals surface area (Å²) >= 11 is 1.28. The number of aromatic nitrogens is 1. The van der Waals surface area contributed by atoms with Crippen LogP contribution in [0.1, 0.15) is 17.3 Å². The molecule has 0 aliphatic heterocycles. The van der Waals surface area contributed by atoms with Crippen LogP contribution in [0.3, 0.4) is 0 Å². The number of phenolic OH excluding ortho intramolecular Hbond substituents is 1. The number of benzene rings is 2. The minimum atomic E-state index is -1.04. The maximum absolute atomic E-state index is 12.2. The molecular weight excluding hydrogens is 352 g/mol. The first kappa shape index (κ1) is 17.6. The Balaban J connectivity index is 1.62. The summed E-state index contributed by atoms with van der Waals surface area (Å²) in [6.45, 7) is 1.46. The number of carbonyl (C=O) groups is 2. The summed E-state index contributed by atoms with van der Waals surface area (Å²) < 4.78 is 5.11. The molecule has 0 spiro atoms. The molecule has 2 N–H and O–H groups in total. The molecule has 6 nitrogen and oxygen atoms in total. The fourth-order valence-corrected chi connectivity index (χ4v) is 2.93. The first-order valence-electron chi connectivity index (χ1n) is 7.85. The Morgan fingerprint density at radius 1 is 1.12 bits per heavy atom. The molecule has 1 aromatic heterocycles. The highest BCUT2D eigenvalue weighted by atomic mass is 32.1. The lowest BCUT2D eigenvalue weighted by Crippen LogP contribution is -2.30. The summed E-state index contributed by atoms with van der Waals surface area (Å²) in [5.74, 6) is -1.46. The van der Waals surface area contributed by atoms with Gasteiger partial charge in [0, 0.05) is 10.9 Å². The summed E-state index contributed by atoms with van der Waals surface area (Å²) in [6, 6.07) is 15.6. The molecule has 0 aliphatic carbocycles. The molecule has 0 fully saturated rings. The van der Waals surface area contributed by atoms with E-state index in [1.165, 1.54) is 30.4 Å². The van der Waals surface area contributed by atoms with Crippen LogP contribution < -0.4 is 5.32 Å². The zero-order chi connectivity index (χ0) is 18.5. The topological polar surface area (TPSA) is 88.5 Å². The third-order valence-corrected chi connectivity index (χ3v) is 4.34. The molecule has 2 aromatic carbocycles. The summed E-state index contributed by atoms with van der Waals surface area (Å²) in [4.78, 5) is 28.6. The number of nitrogens with one attached hydrogen (secondary N) is 1. The average molecular weight is 368 g/mol. The number of phenols is 1. The highest BCUT2D eigenvalue weighted by Gasteiger charge is 2.21. The normalized spacial score (nSPS) is 11.6. The molecule has 1 amide bonds. The quantitative estimate of drug-likeness (QED) is 0.671. The monoisotopic (exact) mass is 368 g/mol. The first-order valence-corrected chi connectivity index (χ1v) is 8.73. The van der Waals surface area contributed by atoms with E-state index in [1.54, 1.807) is 12.1 Å². The van der Waals surface area contributed by atoms with Crippen molar-refractivity contribution in [3.8, 4) is 17.0 Å². The van der Waals surface area contributed by atoms with Gasteiger partial charge in [-0.3, -0.25) is 10.1 Å². The fourth-order valence-electron chi connectivity index (χ4n) is 2.20. The van der Waals surface area contributed by atoms with E-state index >= 15 is 0 Å². The third kappa shape index (κ3) is 4.07. The van der Waals surface area contributed by atoms with Crippen molar-refractivity contribution >= 4 is 28.3 Å². The van der Waals surface area contributed by atoms with Crippen LogP contribution in [-0.2, 0) is 9.53 Å². The second-order valence-corrected chi connectivity index (χ2v) is 6.32. The van der Waals surface area contributed by atoms with Crippen molar-refractivity contribution in [3.05, 3.63) is 65.5 Å². The number of rotatable bonds is 5. The summed E-state index contributed by atoms with van der Waals surface area (Å²) in [5.41, 5.74) is 1.71. The number of anilines is 1. The van der Waals surface area contributed by atoms with Gasteiger partial charge in [-0.15, -0.1) is 11.3 Å². The highest BCUT2D eigenvalue weighted by Crippen LogP contribution is 2.25. The predicted octanol–water partition coefficient (Wildman–Crippen LogP) is 3.70. The summed E-state index contributed by atoms with van der Waals surface area (Å²) in [6.07, 6.45) is -1.04. The number of carbonyl (C=O) groups excluding carboxylic acids is 2. The minimum absolute atomic E-state index is 0.00719. The Labute approximate surface area is 154 Å². The van der Waals surface area contributed by atoms with E-state index in [1.807, 2.05) is 35.7 Å². The van der Waals surface area contributed by atoms with Gasteiger partial charge in [0.1, 0.15) is 11.3 Å². The minimum Gasteiger partial charge on any atom is -0.507 e. The molecule has 1 heterocycles. The van der Waals surface area contributed by atoms with E-state index in [-0.39, 0.29) is 11.3 Å². The van der Waals surface area contributed by atoms with Crippen molar-refractivity contribution in [1.29, 1.82) is 0 Å². The van der Waals surface area contributed by atoms with Crippen molar-refractivity contribution in [3.63, 3.8) is 0 Å². The Morgan fingerprint density at radius 3 is 2.54 bits per heavy atom. The lowest BCUT2D eigenvalue weighted by atomic mass is 10.2. The molecule has 26 heavy (non-hydrogen) atoms. The molecule has 1 atom stereocenters. The van der Waals surface area contributed by atoms with Gasteiger partial charge >= 0.3 is 5.97 Å². The molecule has 0 radical (unpaired) electrons. The van der Waals surface area contributed by atoms with Gasteiger partial charge in [0.25, 0.3) is 5.91 Å². The van der Waals surface area contributed by atoms with E-state index in [4.69, 9.17) is 4.74 Å². The molecule has 3 aromatic rings. The molecular formula is C19H16N2O4S. The van der Waals surface area contributed by atoms with Crippen LogP contribution >= 0.6 is 11.3 Å². The number of hydrogen-bond donors (Lipinski definition) is 2. The number of para-hydroxylation sites is 1. The van der Waals surface area contributed by atoms with Gasteiger partial charge in [-0.25, -0.2) is 9.78 Å². The second-order valence-electron chi connectivity index (χ2n) is 5.46. The van der Waals surface area contributed by atoms with Gasteiger partial charge < -0.3 is 9.84 Å². The average Bonchev–Trinajstić information content (AvgIpc) is 3.11. The SMILES string of the molecule is C[C@@H](OC(=O)c1ccccc1O)C(=O)Nc1nc(-c2ccccc2)cs1. The van der Waals surface area contributed by atoms with Crippen LogP contribution in [0.2, 0.25) is 0 Å². The number of esters is 1. The zero-order valence-electron chi connectivity index (χ0n) is 13.9. The fraction of sp³-hybridized carbons (Fsp3) is 0.105. The predicted molar refractivity (Wildman–Crippen MR) is 99.2 cm³/mol. The van der Waals surface area contributed by atoms with Crippen molar-refractivity contribution in [2.24, 2.45) is 0 Å². The van der Waals surface area contributed by atoms with Gasteiger partial charge in [-0.2, -0.15) is 0 Å². The van der Waals surface area contributed by atoms with Gasteiger partial charge in [-0.05, 0) is 19.1 Å². The van der Waals surface area contributed by atoms with Crippen molar-refractivity contribution in [2.75, 3.05) is 5.32 Å². The highest BCUT2D eigenvalue weighted by molar-refractivity contribution is 7.14. The Kier molecular flexibility index (Phi) is 5.28. The van der Waals surface area contributed by atoms with Gasteiger partial charge in [-0.1, -0.05) is 42.5 Å². The lowest BCUT2D eigenvalue weighted by Gasteiger charge is -2.12. The summed E-state index contributed by atoms with van der Waals surface area (Å²) in [7, 11) is 0. The van der Waals surface area contributed by atoms with Crippen molar-refractivity contribution < 1.29 is 19.4 Å². The molecule has 0 bridgehead atoms. The summed E-state index contributed by atoms with van der Waals surface area (Å²) in [5, 5.41) is 14.6. The number of nitrogens with zero attached hydrogens (tertiary/aromatic N) is 1. The first-order chi connectivity index (χ1) is 12.5. The van der Waals surface area contributed by atoms with E-state index < -0.39 is 18.0 Å². The van der Waals surface area contributed by atoms with Gasteiger partial charge in [0.15, 0.2) is 11.2 Å². The van der Waals surface area contributed by atoms with Crippen molar-refractivity contribution in [1.82, 2.24) is 4.98 Å². The van der Waals surface area contributed by atoms with Gasteiger partial charge in [0.05, 0.1) is 5.69 Å². The van der Waals surface area contributed by atoms with Crippen LogP contribution in [0.5, 0.6) is 5.75 Å². The smallest absolute Gasteiger partial charge is 0.342 e. The Hall–Kier alpha value is -3.19. The second kappa shape index (κ2) is 7.79. The Morgan fingerprint density at radius 2 is 1.81 bits per heavy atom.